The van der Waals surface area contributed by atoms with E-state index in [2.05, 4.69) is 0 Å². The first-order chi connectivity index (χ1) is 9.90. The van der Waals surface area contributed by atoms with Crippen molar-refractivity contribution in [3.8, 4) is 34.1 Å². The van der Waals surface area contributed by atoms with Gasteiger partial charge in [-0.3, -0.25) is 0 Å². The van der Waals surface area contributed by atoms with Crippen molar-refractivity contribution in [1.82, 2.24) is 0 Å². The molecule has 2 aromatic carbocycles. The minimum atomic E-state index is -1.19. The van der Waals surface area contributed by atoms with E-state index in [9.17, 15) is 25.2 Å². The number of aromatic hydroxyl groups is 4. The lowest BCUT2D eigenvalue weighted by atomic mass is 9.97. The Morgan fingerprint density at radius 2 is 1.57 bits per heavy atom. The first-order valence-electron chi connectivity index (χ1n) is 5.88. The first kappa shape index (κ1) is 14.3. The summed E-state index contributed by atoms with van der Waals surface area (Å²) in [6.45, 7) is 0. The van der Waals surface area contributed by atoms with Gasteiger partial charge in [0.2, 0.25) is 0 Å². The number of aliphatic carboxylic acids is 1. The highest BCUT2D eigenvalue weighted by atomic mass is 16.4. The summed E-state index contributed by atoms with van der Waals surface area (Å²) in [6.07, 6.45) is 2.06. The van der Waals surface area contributed by atoms with Gasteiger partial charge in [-0.05, 0) is 35.4 Å². The molecule has 2 rings (SSSR count). The molecule has 2 aromatic rings. The van der Waals surface area contributed by atoms with Crippen LogP contribution in [0.15, 0.2) is 36.4 Å². The second-order valence-electron chi connectivity index (χ2n) is 4.27. The van der Waals surface area contributed by atoms with Gasteiger partial charge in [0.15, 0.2) is 23.0 Å². The Hall–Kier alpha value is -3.15. The number of phenols is 4. The molecular formula is C15H12O6. The Labute approximate surface area is 119 Å². The summed E-state index contributed by atoms with van der Waals surface area (Å²) in [6, 6.07) is 6.59. The van der Waals surface area contributed by atoms with Crippen LogP contribution in [0.1, 0.15) is 5.56 Å². The number of para-hydroxylation sites is 1. The molecular weight excluding hydrogens is 276 g/mol. The van der Waals surface area contributed by atoms with Crippen LogP contribution in [0.3, 0.4) is 0 Å². The van der Waals surface area contributed by atoms with Crippen LogP contribution in [0, 0.1) is 0 Å². The third-order valence-corrected chi connectivity index (χ3v) is 2.86. The van der Waals surface area contributed by atoms with Crippen LogP contribution in [0.4, 0.5) is 0 Å². The molecule has 0 aliphatic rings. The molecule has 21 heavy (non-hydrogen) atoms. The number of phenolic OH excluding ortho intramolecular Hbond substituents is 4. The number of hydrogen-bond acceptors (Lipinski definition) is 5. The summed E-state index contributed by atoms with van der Waals surface area (Å²) >= 11 is 0. The molecule has 0 aliphatic heterocycles. The average molecular weight is 288 g/mol. The largest absolute Gasteiger partial charge is 0.504 e. The predicted octanol–water partition coefficient (Wildman–Crippen LogP) is 2.27. The van der Waals surface area contributed by atoms with Crippen LogP contribution in [0.25, 0.3) is 17.2 Å². The maximum atomic E-state index is 10.6. The SMILES string of the molecule is O=C(O)/C=C/c1cc(O)c(O)cc1-c1cccc(O)c1O. The molecule has 0 heterocycles. The lowest BCUT2D eigenvalue weighted by molar-refractivity contribution is -0.131. The molecule has 0 aromatic heterocycles. The van der Waals surface area contributed by atoms with Crippen LogP contribution >= 0.6 is 0 Å². The maximum absolute atomic E-state index is 10.6. The fourth-order valence-electron chi connectivity index (χ4n) is 1.87. The van der Waals surface area contributed by atoms with Gasteiger partial charge in [0.1, 0.15) is 0 Å². The van der Waals surface area contributed by atoms with Gasteiger partial charge in [-0.25, -0.2) is 4.79 Å². The summed E-state index contributed by atoms with van der Waals surface area (Å²) < 4.78 is 0. The van der Waals surface area contributed by atoms with E-state index in [0.717, 1.165) is 12.1 Å². The van der Waals surface area contributed by atoms with Crippen molar-refractivity contribution in [3.63, 3.8) is 0 Å². The van der Waals surface area contributed by atoms with E-state index in [-0.39, 0.29) is 22.4 Å². The molecule has 0 spiro atoms. The monoisotopic (exact) mass is 288 g/mol. The third kappa shape index (κ3) is 2.89. The zero-order valence-electron chi connectivity index (χ0n) is 10.7. The molecule has 0 aliphatic carbocycles. The molecule has 0 bridgehead atoms. The van der Waals surface area contributed by atoms with E-state index in [1.54, 1.807) is 0 Å². The Morgan fingerprint density at radius 3 is 2.24 bits per heavy atom. The highest BCUT2D eigenvalue weighted by Gasteiger charge is 2.14. The molecule has 108 valence electrons. The molecule has 0 saturated carbocycles. The van der Waals surface area contributed by atoms with Crippen molar-refractivity contribution < 1.29 is 30.3 Å². The molecule has 0 unspecified atom stereocenters. The lowest BCUT2D eigenvalue weighted by Gasteiger charge is -2.11. The van der Waals surface area contributed by atoms with E-state index in [1.165, 1.54) is 30.3 Å². The van der Waals surface area contributed by atoms with Gasteiger partial charge in [-0.2, -0.15) is 0 Å². The topological polar surface area (TPSA) is 118 Å². The second-order valence-corrected chi connectivity index (χ2v) is 4.27. The highest BCUT2D eigenvalue weighted by Crippen LogP contribution is 2.41. The summed E-state index contributed by atoms with van der Waals surface area (Å²) in [5, 5.41) is 47.2. The van der Waals surface area contributed by atoms with Gasteiger partial charge in [0, 0.05) is 11.6 Å². The van der Waals surface area contributed by atoms with Gasteiger partial charge in [-0.1, -0.05) is 12.1 Å². The number of carbonyl (C=O) groups is 1. The summed E-state index contributed by atoms with van der Waals surface area (Å²) in [7, 11) is 0. The molecule has 0 fully saturated rings. The molecule has 0 saturated heterocycles. The molecule has 0 atom stereocenters. The van der Waals surface area contributed by atoms with Crippen LogP contribution in [-0.2, 0) is 4.79 Å². The van der Waals surface area contributed by atoms with Crippen molar-refractivity contribution in [2.45, 2.75) is 0 Å². The van der Waals surface area contributed by atoms with Crippen molar-refractivity contribution in [2.24, 2.45) is 0 Å². The fraction of sp³-hybridized carbons (Fsp3) is 0. The van der Waals surface area contributed by atoms with Crippen molar-refractivity contribution in [3.05, 3.63) is 42.0 Å². The second kappa shape index (κ2) is 5.46. The van der Waals surface area contributed by atoms with Crippen LogP contribution in [0.2, 0.25) is 0 Å². The summed E-state index contributed by atoms with van der Waals surface area (Å²) in [4.78, 5) is 10.6. The molecule has 5 N–H and O–H groups in total. The predicted molar refractivity (Wildman–Crippen MR) is 75.2 cm³/mol. The van der Waals surface area contributed by atoms with Gasteiger partial charge >= 0.3 is 5.97 Å². The maximum Gasteiger partial charge on any atom is 0.328 e. The molecule has 0 radical (unpaired) electrons. The molecule has 6 heteroatoms. The summed E-state index contributed by atoms with van der Waals surface area (Å²) in [5.74, 6) is -2.81. The van der Waals surface area contributed by atoms with E-state index < -0.39 is 23.2 Å². The molecule has 0 amide bonds. The van der Waals surface area contributed by atoms with E-state index in [4.69, 9.17) is 5.11 Å². The van der Waals surface area contributed by atoms with Gasteiger partial charge in [0.05, 0.1) is 0 Å². The first-order valence-corrected chi connectivity index (χ1v) is 5.88. The number of hydrogen-bond donors (Lipinski definition) is 5. The lowest BCUT2D eigenvalue weighted by Crippen LogP contribution is -1.89. The molecule has 6 nitrogen and oxygen atoms in total. The number of carboxylic acid groups (broad SMARTS) is 1. The normalized spacial score (nSPS) is 10.9. The van der Waals surface area contributed by atoms with Crippen LogP contribution in [0.5, 0.6) is 23.0 Å². The van der Waals surface area contributed by atoms with Gasteiger partial charge in [-0.15, -0.1) is 0 Å². The van der Waals surface area contributed by atoms with E-state index in [0.29, 0.717) is 0 Å². The zero-order valence-corrected chi connectivity index (χ0v) is 10.7. The standard InChI is InChI=1S/C15H12O6/c16-11-3-1-2-9(15(11)21)10-7-13(18)12(17)6-8(10)4-5-14(19)20/h1-7,16-18,21H,(H,19,20)/b5-4+. The Balaban J connectivity index is 2.69. The van der Waals surface area contributed by atoms with E-state index >= 15 is 0 Å². The van der Waals surface area contributed by atoms with Crippen molar-refractivity contribution in [2.75, 3.05) is 0 Å². The van der Waals surface area contributed by atoms with Crippen LogP contribution < -0.4 is 0 Å². The van der Waals surface area contributed by atoms with Gasteiger partial charge in [0.25, 0.3) is 0 Å². The van der Waals surface area contributed by atoms with Gasteiger partial charge < -0.3 is 25.5 Å². The highest BCUT2D eigenvalue weighted by molar-refractivity contribution is 5.89. The number of carboxylic acids is 1. The van der Waals surface area contributed by atoms with E-state index in [1.807, 2.05) is 0 Å². The fourth-order valence-corrected chi connectivity index (χ4v) is 1.87. The average Bonchev–Trinajstić information content (AvgIpc) is 2.43. The summed E-state index contributed by atoms with van der Waals surface area (Å²) in [5.41, 5.74) is 0.708. The van der Waals surface area contributed by atoms with Crippen LogP contribution in [-0.4, -0.2) is 31.5 Å². The minimum Gasteiger partial charge on any atom is -0.504 e. The Bertz CT molecular complexity index is 733. The number of rotatable bonds is 3. The zero-order chi connectivity index (χ0) is 15.6. The Kier molecular flexibility index (Phi) is 3.71. The minimum absolute atomic E-state index is 0.190. The quantitative estimate of drug-likeness (QED) is 0.437. The van der Waals surface area contributed by atoms with Crippen molar-refractivity contribution >= 4 is 12.0 Å². The smallest absolute Gasteiger partial charge is 0.328 e. The third-order valence-electron chi connectivity index (χ3n) is 2.86. The van der Waals surface area contributed by atoms with Crippen molar-refractivity contribution in [1.29, 1.82) is 0 Å². The Morgan fingerprint density at radius 1 is 0.905 bits per heavy atom. The number of benzene rings is 2.